The van der Waals surface area contributed by atoms with Gasteiger partial charge in [-0.3, -0.25) is 0 Å². The Bertz CT molecular complexity index is 734. The molecule has 1 saturated carbocycles. The van der Waals surface area contributed by atoms with E-state index in [4.69, 9.17) is 10.3 Å². The third-order valence-electron chi connectivity index (χ3n) is 4.15. The summed E-state index contributed by atoms with van der Waals surface area (Å²) in [5.41, 5.74) is 6.24. The highest BCUT2D eigenvalue weighted by Crippen LogP contribution is 2.30. The van der Waals surface area contributed by atoms with Crippen LogP contribution < -0.4 is 10.5 Å². The average Bonchev–Trinajstić information content (AvgIpc) is 3.18. The number of aromatic nitrogens is 1. The second-order valence-electron chi connectivity index (χ2n) is 5.53. The highest BCUT2D eigenvalue weighted by molar-refractivity contribution is 7.89. The molecule has 0 aliphatic heterocycles. The van der Waals surface area contributed by atoms with E-state index in [2.05, 4.69) is 9.88 Å². The maximum Gasteiger partial charge on any atom is 0.241 e. The molecular weight excluding hydrogens is 338 g/mol. The summed E-state index contributed by atoms with van der Waals surface area (Å²) in [5, 5.41) is 3.64. The molecule has 1 fully saturated rings. The number of nitrogens with two attached hydrogens (primary N) is 1. The lowest BCUT2D eigenvalue weighted by Crippen LogP contribution is -2.39. The molecule has 0 saturated heterocycles. The van der Waals surface area contributed by atoms with Crippen molar-refractivity contribution in [2.45, 2.75) is 30.2 Å². The lowest BCUT2D eigenvalue weighted by atomic mass is 10.1. The smallest absolute Gasteiger partial charge is 0.241 e. The van der Waals surface area contributed by atoms with E-state index >= 15 is 0 Å². The minimum Gasteiger partial charge on any atom is -0.356 e. The molecule has 126 valence electrons. The summed E-state index contributed by atoms with van der Waals surface area (Å²) in [6.45, 7) is 0.497. The van der Waals surface area contributed by atoms with E-state index in [9.17, 15) is 8.42 Å². The summed E-state index contributed by atoms with van der Waals surface area (Å²) >= 11 is 0. The number of nitrogens with one attached hydrogen (secondary N) is 1. The Hall–Kier alpha value is -1.41. The fraction of sp³-hybridized carbons (Fsp3) is 0.400. The number of halogens is 1. The lowest BCUT2D eigenvalue weighted by molar-refractivity contribution is 0.431. The molecule has 2 unspecified atom stereocenters. The third kappa shape index (κ3) is 3.74. The molecule has 1 aliphatic carbocycles. The topological polar surface area (TPSA) is 98.2 Å². The van der Waals surface area contributed by atoms with Gasteiger partial charge in [-0.25, -0.2) is 13.1 Å². The minimum atomic E-state index is -3.64. The summed E-state index contributed by atoms with van der Waals surface area (Å²) in [6, 6.07) is 8.31. The van der Waals surface area contributed by atoms with Crippen LogP contribution in [0.3, 0.4) is 0 Å². The Morgan fingerprint density at radius 1 is 1.26 bits per heavy atom. The van der Waals surface area contributed by atoms with Crippen molar-refractivity contribution in [2.75, 3.05) is 6.54 Å². The summed E-state index contributed by atoms with van der Waals surface area (Å²) in [7, 11) is -3.64. The summed E-state index contributed by atoms with van der Waals surface area (Å²) in [6.07, 6.45) is 4.28. The molecule has 3 N–H and O–H groups in total. The Morgan fingerprint density at radius 2 is 2.04 bits per heavy atom. The van der Waals surface area contributed by atoms with Crippen LogP contribution >= 0.6 is 12.4 Å². The summed E-state index contributed by atoms with van der Waals surface area (Å²) in [5.74, 6) is 0.634. The number of nitrogens with zero attached hydrogens (tertiary/aromatic N) is 1. The van der Waals surface area contributed by atoms with Crippen LogP contribution in [0, 0.1) is 5.92 Å². The SMILES string of the molecule is Cl.NCC1CCCC1NS(=O)(=O)c1ccccc1-c1ccno1. The molecular formula is C15H20ClN3O3S. The van der Waals surface area contributed by atoms with Crippen LogP contribution in [0.2, 0.25) is 0 Å². The van der Waals surface area contributed by atoms with Crippen molar-refractivity contribution >= 4 is 22.4 Å². The van der Waals surface area contributed by atoms with Gasteiger partial charge in [-0.05, 0) is 37.4 Å². The first-order valence-corrected chi connectivity index (χ1v) is 8.82. The Morgan fingerprint density at radius 3 is 2.74 bits per heavy atom. The second kappa shape index (κ2) is 7.44. The van der Waals surface area contributed by atoms with Crippen molar-refractivity contribution in [2.24, 2.45) is 11.7 Å². The normalized spacial score (nSPS) is 21.1. The van der Waals surface area contributed by atoms with Gasteiger partial charge >= 0.3 is 0 Å². The van der Waals surface area contributed by atoms with Gasteiger partial charge < -0.3 is 10.3 Å². The van der Waals surface area contributed by atoms with Gasteiger partial charge in [-0.2, -0.15) is 0 Å². The fourth-order valence-electron chi connectivity index (χ4n) is 3.00. The summed E-state index contributed by atoms with van der Waals surface area (Å²) < 4.78 is 33.4. The van der Waals surface area contributed by atoms with Crippen molar-refractivity contribution in [3.63, 3.8) is 0 Å². The van der Waals surface area contributed by atoms with Crippen molar-refractivity contribution in [1.82, 2.24) is 9.88 Å². The molecule has 1 aliphatic rings. The molecule has 2 atom stereocenters. The largest absolute Gasteiger partial charge is 0.356 e. The number of sulfonamides is 1. The van der Waals surface area contributed by atoms with Crippen molar-refractivity contribution in [1.29, 1.82) is 0 Å². The van der Waals surface area contributed by atoms with Crippen LogP contribution in [-0.2, 0) is 10.0 Å². The molecule has 2 aromatic rings. The van der Waals surface area contributed by atoms with Crippen LogP contribution in [0.4, 0.5) is 0 Å². The van der Waals surface area contributed by atoms with Crippen LogP contribution in [0.1, 0.15) is 19.3 Å². The van der Waals surface area contributed by atoms with Gasteiger partial charge in [0.05, 0.1) is 11.1 Å². The maximum absolute atomic E-state index is 12.8. The van der Waals surface area contributed by atoms with E-state index in [1.54, 1.807) is 30.3 Å². The van der Waals surface area contributed by atoms with Gasteiger partial charge in [-0.15, -0.1) is 12.4 Å². The number of benzene rings is 1. The number of hydrogen-bond donors (Lipinski definition) is 2. The first kappa shape index (κ1) is 17.9. The van der Waals surface area contributed by atoms with E-state index in [0.29, 0.717) is 17.9 Å². The predicted octanol–water partition coefficient (Wildman–Crippen LogP) is 2.17. The molecule has 0 spiro atoms. The standard InChI is InChI=1S/C15H19N3O3S.ClH/c16-10-11-4-3-6-13(11)18-22(19,20)15-7-2-1-5-12(15)14-8-9-17-21-14;/h1-2,5,7-9,11,13,18H,3-4,6,10,16H2;1H. The van der Waals surface area contributed by atoms with Crippen LogP contribution in [0.5, 0.6) is 0 Å². The molecule has 23 heavy (non-hydrogen) atoms. The van der Waals surface area contributed by atoms with E-state index in [1.165, 1.54) is 6.20 Å². The quantitative estimate of drug-likeness (QED) is 0.854. The third-order valence-corrected chi connectivity index (χ3v) is 5.70. The van der Waals surface area contributed by atoms with Crippen LogP contribution in [0.15, 0.2) is 45.9 Å². The van der Waals surface area contributed by atoms with Gasteiger partial charge in [0.15, 0.2) is 5.76 Å². The Kier molecular flexibility index (Phi) is 5.80. The molecule has 0 radical (unpaired) electrons. The zero-order valence-electron chi connectivity index (χ0n) is 12.5. The second-order valence-corrected chi connectivity index (χ2v) is 7.21. The molecule has 8 heteroatoms. The minimum absolute atomic E-state index is 0. The van der Waals surface area contributed by atoms with E-state index in [1.807, 2.05) is 0 Å². The number of hydrogen-bond acceptors (Lipinski definition) is 5. The lowest BCUT2D eigenvalue weighted by Gasteiger charge is -2.20. The molecule has 1 aromatic heterocycles. The van der Waals surface area contributed by atoms with Gasteiger partial charge in [0.25, 0.3) is 0 Å². The molecule has 0 bridgehead atoms. The van der Waals surface area contributed by atoms with Gasteiger partial charge in [-0.1, -0.05) is 23.7 Å². The summed E-state index contributed by atoms with van der Waals surface area (Å²) in [4.78, 5) is 0.203. The number of rotatable bonds is 5. The highest BCUT2D eigenvalue weighted by Gasteiger charge is 2.31. The van der Waals surface area contributed by atoms with Gasteiger partial charge in [0, 0.05) is 17.7 Å². The molecule has 6 nitrogen and oxygen atoms in total. The van der Waals surface area contributed by atoms with E-state index in [-0.39, 0.29) is 29.3 Å². The van der Waals surface area contributed by atoms with Gasteiger partial charge in [0.2, 0.25) is 10.0 Å². The Labute approximate surface area is 141 Å². The van der Waals surface area contributed by atoms with Crippen molar-refractivity contribution in [3.05, 3.63) is 36.5 Å². The zero-order valence-corrected chi connectivity index (χ0v) is 14.1. The van der Waals surface area contributed by atoms with Gasteiger partial charge in [0.1, 0.15) is 0 Å². The molecule has 1 aromatic carbocycles. The fourth-order valence-corrected chi connectivity index (χ4v) is 4.55. The van der Waals surface area contributed by atoms with Crippen LogP contribution in [-0.4, -0.2) is 26.2 Å². The van der Waals surface area contributed by atoms with Crippen LogP contribution in [0.25, 0.3) is 11.3 Å². The Balaban J connectivity index is 0.00000192. The average molecular weight is 358 g/mol. The van der Waals surface area contributed by atoms with Crippen molar-refractivity contribution in [3.8, 4) is 11.3 Å². The maximum atomic E-state index is 12.8. The van der Waals surface area contributed by atoms with E-state index < -0.39 is 10.0 Å². The highest BCUT2D eigenvalue weighted by atomic mass is 35.5. The molecule has 3 rings (SSSR count). The molecule has 1 heterocycles. The van der Waals surface area contributed by atoms with E-state index in [0.717, 1.165) is 19.3 Å². The van der Waals surface area contributed by atoms with Crippen molar-refractivity contribution < 1.29 is 12.9 Å². The zero-order chi connectivity index (χ0) is 15.6. The first-order valence-electron chi connectivity index (χ1n) is 7.34. The predicted molar refractivity (Wildman–Crippen MR) is 89.7 cm³/mol. The first-order chi connectivity index (χ1) is 10.6. The monoisotopic (exact) mass is 357 g/mol. The molecule has 0 amide bonds.